The van der Waals surface area contributed by atoms with E-state index in [1.54, 1.807) is 0 Å². The summed E-state index contributed by atoms with van der Waals surface area (Å²) in [6.45, 7) is 9.71. The molecule has 1 saturated heterocycles. The number of piperidine rings is 1. The van der Waals surface area contributed by atoms with Gasteiger partial charge in [0.05, 0.1) is 12.7 Å². The lowest BCUT2D eigenvalue weighted by molar-refractivity contribution is -0.123. The number of likely N-dealkylation sites (tertiary alicyclic amines) is 1. The molecule has 4 heteroatoms. The van der Waals surface area contributed by atoms with Gasteiger partial charge < -0.3 is 0 Å². The van der Waals surface area contributed by atoms with Crippen LogP contribution in [-0.4, -0.2) is 40.1 Å². The van der Waals surface area contributed by atoms with Crippen LogP contribution in [0.15, 0.2) is 12.4 Å². The van der Waals surface area contributed by atoms with Crippen LogP contribution in [0.2, 0.25) is 0 Å². The molecule has 1 aromatic rings. The van der Waals surface area contributed by atoms with Gasteiger partial charge in [-0.2, -0.15) is 5.10 Å². The van der Waals surface area contributed by atoms with Crippen molar-refractivity contribution in [2.24, 2.45) is 11.8 Å². The monoisotopic (exact) mass is 263 g/mol. The smallest absolute Gasteiger partial charge is 0.149 e. The maximum absolute atomic E-state index is 11.8. The van der Waals surface area contributed by atoms with Gasteiger partial charge in [-0.3, -0.25) is 14.4 Å². The first-order chi connectivity index (χ1) is 9.04. The maximum Gasteiger partial charge on any atom is 0.149 e. The van der Waals surface area contributed by atoms with Gasteiger partial charge in [0.2, 0.25) is 0 Å². The normalized spacial score (nSPS) is 20.9. The summed E-state index contributed by atoms with van der Waals surface area (Å²) in [5.41, 5.74) is 1.21. The Kier molecular flexibility index (Phi) is 4.75. The van der Waals surface area contributed by atoms with E-state index in [0.29, 0.717) is 18.2 Å². The van der Waals surface area contributed by atoms with E-state index in [1.807, 2.05) is 24.7 Å². The average Bonchev–Trinajstić information content (AvgIpc) is 2.75. The van der Waals surface area contributed by atoms with Crippen LogP contribution in [0.1, 0.15) is 32.3 Å². The van der Waals surface area contributed by atoms with Crippen LogP contribution >= 0.6 is 0 Å². The molecule has 0 amide bonds. The lowest BCUT2D eigenvalue weighted by atomic mass is 9.97. The molecule has 1 fully saturated rings. The quantitative estimate of drug-likeness (QED) is 0.817. The minimum atomic E-state index is 0.147. The van der Waals surface area contributed by atoms with Gasteiger partial charge in [0.15, 0.2) is 0 Å². The summed E-state index contributed by atoms with van der Waals surface area (Å²) in [4.78, 5) is 14.1. The third kappa shape index (κ3) is 4.16. The number of Topliss-reactive ketones (excluding diaryl/α,β-unsaturated/α-hetero) is 1. The lowest BCUT2D eigenvalue weighted by Gasteiger charge is -2.32. The van der Waals surface area contributed by atoms with E-state index in [0.717, 1.165) is 19.6 Å². The molecule has 0 spiro atoms. The minimum absolute atomic E-state index is 0.147. The second-order valence-corrected chi connectivity index (χ2v) is 6.10. The Morgan fingerprint density at radius 1 is 1.53 bits per heavy atom. The highest BCUT2D eigenvalue weighted by Crippen LogP contribution is 2.18. The number of rotatable bonds is 5. The zero-order valence-electron chi connectivity index (χ0n) is 12.3. The molecule has 4 nitrogen and oxygen atoms in total. The van der Waals surface area contributed by atoms with Crippen LogP contribution in [0, 0.1) is 18.8 Å². The largest absolute Gasteiger partial charge is 0.298 e. The maximum atomic E-state index is 11.8. The predicted molar refractivity (Wildman–Crippen MR) is 76.0 cm³/mol. The van der Waals surface area contributed by atoms with Crippen molar-refractivity contribution in [3.63, 3.8) is 0 Å². The van der Waals surface area contributed by atoms with Crippen molar-refractivity contribution in [3.05, 3.63) is 18.0 Å². The number of carbonyl (C=O) groups excluding carboxylic acids is 1. The van der Waals surface area contributed by atoms with E-state index < -0.39 is 0 Å². The van der Waals surface area contributed by atoms with Crippen molar-refractivity contribution in [1.29, 1.82) is 0 Å². The molecule has 0 bridgehead atoms. The Bertz CT molecular complexity index is 425. The molecule has 0 radical (unpaired) electrons. The second kappa shape index (κ2) is 6.33. The number of hydrogen-bond acceptors (Lipinski definition) is 3. The number of aromatic nitrogens is 2. The topological polar surface area (TPSA) is 38.1 Å². The van der Waals surface area contributed by atoms with E-state index in [9.17, 15) is 4.79 Å². The van der Waals surface area contributed by atoms with Crippen LogP contribution in [0.4, 0.5) is 0 Å². The van der Waals surface area contributed by atoms with Crippen LogP contribution in [0.3, 0.4) is 0 Å². The van der Waals surface area contributed by atoms with E-state index in [2.05, 4.69) is 23.1 Å². The molecule has 19 heavy (non-hydrogen) atoms. The zero-order valence-corrected chi connectivity index (χ0v) is 12.3. The Hall–Kier alpha value is -1.16. The fraction of sp³-hybridized carbons (Fsp3) is 0.733. The number of aryl methyl sites for hydroxylation is 1. The summed E-state index contributed by atoms with van der Waals surface area (Å²) in [7, 11) is 0. The summed E-state index contributed by atoms with van der Waals surface area (Å²) in [6.07, 6.45) is 6.43. The number of hydrogen-bond donors (Lipinski definition) is 0. The first-order valence-electron chi connectivity index (χ1n) is 7.28. The molecule has 1 aliphatic heterocycles. The summed E-state index contributed by atoms with van der Waals surface area (Å²) < 4.78 is 2.04. The molecular formula is C15H25N3O. The molecule has 0 aromatic carbocycles. The van der Waals surface area contributed by atoms with Crippen LogP contribution in [0.25, 0.3) is 0 Å². The predicted octanol–water partition coefficient (Wildman–Crippen LogP) is 2.13. The Morgan fingerprint density at radius 3 is 2.95 bits per heavy atom. The fourth-order valence-electron chi connectivity index (χ4n) is 2.68. The fourth-order valence-corrected chi connectivity index (χ4v) is 2.68. The van der Waals surface area contributed by atoms with Crippen LogP contribution in [-0.2, 0) is 11.3 Å². The summed E-state index contributed by atoms with van der Waals surface area (Å²) in [6, 6.07) is 0. The van der Waals surface area contributed by atoms with Crippen LogP contribution < -0.4 is 0 Å². The molecule has 1 aliphatic rings. The molecule has 0 N–H and O–H groups in total. The molecule has 1 atom stereocenters. The van der Waals surface area contributed by atoms with Gasteiger partial charge in [-0.05, 0) is 37.8 Å². The molecule has 2 heterocycles. The zero-order chi connectivity index (χ0) is 13.8. The van der Waals surface area contributed by atoms with E-state index >= 15 is 0 Å². The van der Waals surface area contributed by atoms with Crippen LogP contribution in [0.5, 0.6) is 0 Å². The molecule has 0 aliphatic carbocycles. The number of nitrogens with zero attached hydrogens (tertiary/aromatic N) is 3. The lowest BCUT2D eigenvalue weighted by Crippen LogP contribution is -2.41. The SMILES string of the molecule is Cc1cnn(C[C@@H]2CCCN(CC(=O)C(C)C)C2)c1. The van der Waals surface area contributed by atoms with Crippen molar-refractivity contribution >= 4 is 5.78 Å². The number of carbonyl (C=O) groups is 1. The molecular weight excluding hydrogens is 238 g/mol. The minimum Gasteiger partial charge on any atom is -0.298 e. The van der Waals surface area contributed by atoms with Crippen molar-refractivity contribution in [2.75, 3.05) is 19.6 Å². The third-order valence-corrected chi connectivity index (χ3v) is 3.83. The van der Waals surface area contributed by atoms with E-state index in [4.69, 9.17) is 0 Å². The van der Waals surface area contributed by atoms with Crippen molar-refractivity contribution in [3.8, 4) is 0 Å². The Morgan fingerprint density at radius 2 is 2.32 bits per heavy atom. The standard InChI is InChI=1S/C15H25N3O/c1-12(2)15(19)11-17-6-4-5-14(9-17)10-18-8-13(3)7-16-18/h7-8,12,14H,4-6,9-11H2,1-3H3/t14-/m1/s1. The van der Waals surface area contributed by atoms with Crippen molar-refractivity contribution in [2.45, 2.75) is 40.2 Å². The van der Waals surface area contributed by atoms with E-state index in [-0.39, 0.29) is 5.92 Å². The summed E-state index contributed by atoms with van der Waals surface area (Å²) in [5, 5.41) is 4.36. The highest BCUT2D eigenvalue weighted by atomic mass is 16.1. The van der Waals surface area contributed by atoms with Gasteiger partial charge in [0.25, 0.3) is 0 Å². The van der Waals surface area contributed by atoms with Gasteiger partial charge in [-0.1, -0.05) is 13.8 Å². The second-order valence-electron chi connectivity index (χ2n) is 6.10. The Labute approximate surface area is 115 Å². The van der Waals surface area contributed by atoms with Gasteiger partial charge in [0, 0.05) is 25.2 Å². The van der Waals surface area contributed by atoms with Crippen molar-refractivity contribution < 1.29 is 4.79 Å². The summed E-state index contributed by atoms with van der Waals surface area (Å²) >= 11 is 0. The molecule has 0 saturated carbocycles. The molecule has 0 unspecified atom stereocenters. The average molecular weight is 263 g/mol. The van der Waals surface area contributed by atoms with Gasteiger partial charge in [0.1, 0.15) is 5.78 Å². The van der Waals surface area contributed by atoms with Gasteiger partial charge in [-0.25, -0.2) is 0 Å². The first kappa shape index (κ1) is 14.3. The highest BCUT2D eigenvalue weighted by molar-refractivity contribution is 5.82. The Balaban J connectivity index is 1.85. The molecule has 1 aromatic heterocycles. The summed E-state index contributed by atoms with van der Waals surface area (Å²) in [5.74, 6) is 1.12. The highest BCUT2D eigenvalue weighted by Gasteiger charge is 2.22. The molecule has 2 rings (SSSR count). The first-order valence-corrected chi connectivity index (χ1v) is 7.28. The number of ketones is 1. The van der Waals surface area contributed by atoms with Gasteiger partial charge in [-0.15, -0.1) is 0 Å². The van der Waals surface area contributed by atoms with E-state index in [1.165, 1.54) is 18.4 Å². The van der Waals surface area contributed by atoms with Crippen molar-refractivity contribution in [1.82, 2.24) is 14.7 Å². The molecule has 106 valence electrons. The van der Waals surface area contributed by atoms with Gasteiger partial charge >= 0.3 is 0 Å². The third-order valence-electron chi connectivity index (χ3n) is 3.83.